The van der Waals surface area contributed by atoms with Crippen LogP contribution in [0.3, 0.4) is 0 Å². The summed E-state index contributed by atoms with van der Waals surface area (Å²) in [4.78, 5) is 20.8. The molecule has 2 saturated heterocycles. The smallest absolute Gasteiger partial charge is 0.256 e. The van der Waals surface area contributed by atoms with Gasteiger partial charge in [0.2, 0.25) is 0 Å². The fourth-order valence-corrected chi connectivity index (χ4v) is 3.82. The molecule has 1 N–H and O–H groups in total. The molecule has 1 aromatic heterocycles. The summed E-state index contributed by atoms with van der Waals surface area (Å²) < 4.78 is 0. The predicted molar refractivity (Wildman–Crippen MR) is 83.4 cm³/mol. The molecule has 0 aliphatic carbocycles. The molecule has 2 aliphatic heterocycles. The summed E-state index contributed by atoms with van der Waals surface area (Å²) in [6, 6.07) is 8.55. The third-order valence-corrected chi connectivity index (χ3v) is 4.91. The highest BCUT2D eigenvalue weighted by molar-refractivity contribution is 6.05. The maximum atomic E-state index is 12.9. The van der Waals surface area contributed by atoms with Gasteiger partial charge in [0.05, 0.1) is 11.1 Å². The zero-order valence-electron chi connectivity index (χ0n) is 12.2. The van der Waals surface area contributed by atoms with Gasteiger partial charge in [0.25, 0.3) is 5.91 Å². The van der Waals surface area contributed by atoms with Crippen molar-refractivity contribution < 1.29 is 4.79 Å². The summed E-state index contributed by atoms with van der Waals surface area (Å²) in [6.07, 6.45) is 5.50. The fourth-order valence-electron chi connectivity index (χ4n) is 3.82. The predicted octanol–water partition coefficient (Wildman–Crippen LogP) is 2.48. The minimum atomic E-state index is 0.178. The van der Waals surface area contributed by atoms with Gasteiger partial charge in [-0.15, -0.1) is 0 Å². The number of rotatable bonds is 1. The molecule has 1 aromatic carbocycles. The normalized spacial score (nSPS) is 23.2. The number of benzene rings is 1. The van der Waals surface area contributed by atoms with E-state index >= 15 is 0 Å². The molecule has 3 heterocycles. The van der Waals surface area contributed by atoms with Crippen LogP contribution in [-0.4, -0.2) is 52.9 Å². The molecule has 2 aliphatic rings. The Morgan fingerprint density at radius 2 is 2.05 bits per heavy atom. The number of hydrogen-bond acceptors (Lipinski definition) is 2. The van der Waals surface area contributed by atoms with Crippen molar-refractivity contribution in [3.05, 3.63) is 36.0 Å². The number of fused-ring (bicyclic) bond motifs is 2. The quantitative estimate of drug-likeness (QED) is 0.873. The molecule has 2 aromatic rings. The maximum Gasteiger partial charge on any atom is 0.256 e. The van der Waals surface area contributed by atoms with Crippen LogP contribution < -0.4 is 0 Å². The highest BCUT2D eigenvalue weighted by atomic mass is 16.2. The first kappa shape index (κ1) is 12.9. The van der Waals surface area contributed by atoms with Gasteiger partial charge in [-0.2, -0.15) is 0 Å². The van der Waals surface area contributed by atoms with Gasteiger partial charge >= 0.3 is 0 Å². The van der Waals surface area contributed by atoms with Crippen LogP contribution in [0.15, 0.2) is 30.5 Å². The van der Waals surface area contributed by atoms with Crippen molar-refractivity contribution in [1.82, 2.24) is 14.8 Å². The van der Waals surface area contributed by atoms with Gasteiger partial charge in [-0.25, -0.2) is 0 Å². The van der Waals surface area contributed by atoms with E-state index in [9.17, 15) is 4.79 Å². The first-order chi connectivity index (χ1) is 10.3. The van der Waals surface area contributed by atoms with Crippen molar-refractivity contribution >= 4 is 16.8 Å². The van der Waals surface area contributed by atoms with Crippen molar-refractivity contribution in [1.29, 1.82) is 0 Å². The molecule has 1 amide bonds. The Bertz CT molecular complexity index is 663. The SMILES string of the molecule is O=C(c1cccc2cc[nH]c12)N1CCCN2CCCC2C1. The number of hydrogen-bond donors (Lipinski definition) is 1. The molecular formula is C17H21N3O. The molecular weight excluding hydrogens is 262 g/mol. The number of carbonyl (C=O) groups excluding carboxylic acids is 1. The summed E-state index contributed by atoms with van der Waals surface area (Å²) in [5.74, 6) is 0.178. The minimum Gasteiger partial charge on any atom is -0.361 e. The Labute approximate surface area is 124 Å². The third-order valence-electron chi connectivity index (χ3n) is 4.91. The van der Waals surface area contributed by atoms with Crippen LogP contribution >= 0.6 is 0 Å². The Hall–Kier alpha value is -1.81. The maximum absolute atomic E-state index is 12.9. The Morgan fingerprint density at radius 3 is 3.00 bits per heavy atom. The number of amides is 1. The number of H-pyrrole nitrogens is 1. The summed E-state index contributed by atoms with van der Waals surface area (Å²) in [6.45, 7) is 4.11. The lowest BCUT2D eigenvalue weighted by Crippen LogP contribution is -2.39. The summed E-state index contributed by atoms with van der Waals surface area (Å²) in [5.41, 5.74) is 1.78. The number of nitrogens with zero attached hydrogens (tertiary/aromatic N) is 2. The summed E-state index contributed by atoms with van der Waals surface area (Å²) in [7, 11) is 0. The van der Waals surface area contributed by atoms with Gasteiger partial charge in [0, 0.05) is 37.3 Å². The van der Waals surface area contributed by atoms with Crippen molar-refractivity contribution in [2.75, 3.05) is 26.2 Å². The van der Waals surface area contributed by atoms with Crippen LogP contribution in [-0.2, 0) is 0 Å². The van der Waals surface area contributed by atoms with Crippen LogP contribution in [0.1, 0.15) is 29.6 Å². The lowest BCUT2D eigenvalue weighted by Gasteiger charge is -2.26. The highest BCUT2D eigenvalue weighted by Gasteiger charge is 2.31. The van der Waals surface area contributed by atoms with Crippen LogP contribution in [0, 0.1) is 0 Å². The van der Waals surface area contributed by atoms with E-state index in [0.717, 1.165) is 42.5 Å². The van der Waals surface area contributed by atoms with Gasteiger partial charge in [-0.3, -0.25) is 9.69 Å². The number of carbonyl (C=O) groups is 1. The molecule has 4 heteroatoms. The molecule has 110 valence electrons. The number of aromatic amines is 1. The van der Waals surface area contributed by atoms with Crippen molar-refractivity contribution in [3.63, 3.8) is 0 Å². The first-order valence-electron chi connectivity index (χ1n) is 7.92. The zero-order chi connectivity index (χ0) is 14.2. The van der Waals surface area contributed by atoms with Crippen molar-refractivity contribution in [2.24, 2.45) is 0 Å². The van der Waals surface area contributed by atoms with E-state index in [0.29, 0.717) is 6.04 Å². The van der Waals surface area contributed by atoms with E-state index in [1.54, 1.807) is 0 Å². The second kappa shape index (κ2) is 5.19. The summed E-state index contributed by atoms with van der Waals surface area (Å²) in [5, 5.41) is 1.11. The average molecular weight is 283 g/mol. The fraction of sp³-hybridized carbons (Fsp3) is 0.471. The Kier molecular flexibility index (Phi) is 3.19. The average Bonchev–Trinajstić information content (AvgIpc) is 3.11. The van der Waals surface area contributed by atoms with Crippen molar-refractivity contribution in [3.8, 4) is 0 Å². The molecule has 0 radical (unpaired) electrons. The Morgan fingerprint density at radius 1 is 1.14 bits per heavy atom. The molecule has 0 saturated carbocycles. The standard InChI is InChI=1S/C17H21N3O/c21-17(15-6-1-4-13-7-8-18-16(13)15)20-11-3-10-19-9-2-5-14(19)12-20/h1,4,6-8,14,18H,2-3,5,9-12H2. The highest BCUT2D eigenvalue weighted by Crippen LogP contribution is 2.24. The topological polar surface area (TPSA) is 39.3 Å². The molecule has 4 rings (SSSR count). The van der Waals surface area contributed by atoms with E-state index in [2.05, 4.69) is 14.8 Å². The first-order valence-corrected chi connectivity index (χ1v) is 7.92. The van der Waals surface area contributed by atoms with E-state index in [4.69, 9.17) is 0 Å². The van der Waals surface area contributed by atoms with Gasteiger partial charge in [-0.1, -0.05) is 12.1 Å². The Balaban J connectivity index is 1.63. The third kappa shape index (κ3) is 2.23. The van der Waals surface area contributed by atoms with Gasteiger partial charge in [-0.05, 0) is 37.9 Å². The van der Waals surface area contributed by atoms with E-state index in [1.807, 2.05) is 30.5 Å². The van der Waals surface area contributed by atoms with Gasteiger partial charge in [0.1, 0.15) is 0 Å². The molecule has 4 nitrogen and oxygen atoms in total. The van der Waals surface area contributed by atoms with Gasteiger partial charge in [0.15, 0.2) is 0 Å². The molecule has 1 atom stereocenters. The lowest BCUT2D eigenvalue weighted by atomic mass is 10.1. The molecule has 21 heavy (non-hydrogen) atoms. The molecule has 0 bridgehead atoms. The number of nitrogens with one attached hydrogen (secondary N) is 1. The summed E-state index contributed by atoms with van der Waals surface area (Å²) >= 11 is 0. The van der Waals surface area contributed by atoms with Crippen molar-refractivity contribution in [2.45, 2.75) is 25.3 Å². The van der Waals surface area contributed by atoms with E-state index in [-0.39, 0.29) is 5.91 Å². The molecule has 2 fully saturated rings. The van der Waals surface area contributed by atoms with E-state index in [1.165, 1.54) is 19.4 Å². The second-order valence-electron chi connectivity index (χ2n) is 6.18. The molecule has 1 unspecified atom stereocenters. The van der Waals surface area contributed by atoms with Crippen LogP contribution in [0.2, 0.25) is 0 Å². The van der Waals surface area contributed by atoms with Gasteiger partial charge < -0.3 is 9.88 Å². The van der Waals surface area contributed by atoms with Crippen LogP contribution in [0.4, 0.5) is 0 Å². The van der Waals surface area contributed by atoms with Crippen LogP contribution in [0.5, 0.6) is 0 Å². The largest absolute Gasteiger partial charge is 0.361 e. The minimum absolute atomic E-state index is 0.178. The number of aromatic nitrogens is 1. The van der Waals surface area contributed by atoms with Crippen LogP contribution in [0.25, 0.3) is 10.9 Å². The monoisotopic (exact) mass is 283 g/mol. The number of para-hydroxylation sites is 1. The molecule has 0 spiro atoms. The zero-order valence-corrected chi connectivity index (χ0v) is 12.2. The van der Waals surface area contributed by atoms with E-state index < -0.39 is 0 Å². The second-order valence-corrected chi connectivity index (χ2v) is 6.18. The lowest BCUT2D eigenvalue weighted by molar-refractivity contribution is 0.0745.